The van der Waals surface area contributed by atoms with Crippen LogP contribution in [0.4, 0.5) is 0 Å². The van der Waals surface area contributed by atoms with Gasteiger partial charge in [0.1, 0.15) is 0 Å². The molecule has 0 atom stereocenters. The first-order valence-electron chi connectivity index (χ1n) is 7.39. The smallest absolute Gasteiger partial charge is 0.360 e. The fourth-order valence-electron chi connectivity index (χ4n) is 1.61. The molecule has 0 amide bonds. The lowest BCUT2D eigenvalue weighted by Gasteiger charge is -2.40. The van der Waals surface area contributed by atoms with Crippen LogP contribution in [-0.4, -0.2) is 40.5 Å². The highest BCUT2D eigenvalue weighted by atomic mass is 16.8. The molecule has 23 heavy (non-hydrogen) atoms. The lowest BCUT2D eigenvalue weighted by atomic mass is 10.1. The predicted octanol–water partition coefficient (Wildman–Crippen LogP) is 1.79. The second-order valence-electron chi connectivity index (χ2n) is 5.24. The molecule has 2 N–H and O–H groups in total. The minimum absolute atomic E-state index is 0.00421. The number of aliphatic hydroxyl groups is 2. The summed E-state index contributed by atoms with van der Waals surface area (Å²) in [6, 6.07) is 0. The van der Waals surface area contributed by atoms with Gasteiger partial charge in [-0.05, 0) is 27.2 Å². The summed E-state index contributed by atoms with van der Waals surface area (Å²) in [6.07, 6.45) is 0.830. The summed E-state index contributed by atoms with van der Waals surface area (Å²) in [5.74, 6) is -7.33. The van der Waals surface area contributed by atoms with E-state index in [1.807, 2.05) is 6.92 Å². The van der Waals surface area contributed by atoms with Gasteiger partial charge in [-0.25, -0.2) is 9.59 Å². The molecule has 0 aromatic carbocycles. The monoisotopic (exact) mass is 330 g/mol. The zero-order valence-corrected chi connectivity index (χ0v) is 14.2. The van der Waals surface area contributed by atoms with Crippen LogP contribution in [0.15, 0.2) is 24.3 Å². The zero-order valence-electron chi connectivity index (χ0n) is 14.2. The molecule has 0 aromatic rings. The van der Waals surface area contributed by atoms with E-state index in [1.54, 1.807) is 0 Å². The molecule has 0 aliphatic heterocycles. The van der Waals surface area contributed by atoms with E-state index in [0.29, 0.717) is 12.8 Å². The van der Waals surface area contributed by atoms with Crippen molar-refractivity contribution in [2.75, 3.05) is 6.61 Å². The van der Waals surface area contributed by atoms with Crippen LogP contribution in [0.2, 0.25) is 0 Å². The van der Waals surface area contributed by atoms with E-state index in [0.717, 1.165) is 0 Å². The quantitative estimate of drug-likeness (QED) is 0.357. The highest BCUT2D eigenvalue weighted by Crippen LogP contribution is 2.34. The van der Waals surface area contributed by atoms with Crippen LogP contribution in [0.3, 0.4) is 0 Å². The van der Waals surface area contributed by atoms with E-state index in [9.17, 15) is 19.8 Å². The average molecular weight is 330 g/mol. The van der Waals surface area contributed by atoms with Gasteiger partial charge in [0.25, 0.3) is 0 Å². The minimum Gasteiger partial charge on any atom is -0.411 e. The Kier molecular flexibility index (Phi) is 8.16. The molecule has 0 fully saturated rings. The van der Waals surface area contributed by atoms with E-state index >= 15 is 0 Å². The maximum absolute atomic E-state index is 11.9. The van der Waals surface area contributed by atoms with Crippen molar-refractivity contribution in [3.63, 3.8) is 0 Å². The third-order valence-electron chi connectivity index (χ3n) is 2.91. The molecule has 0 spiro atoms. The Bertz CT molecular complexity index is 437. The number of unbranched alkanes of at least 4 members (excludes halogenated alkanes) is 1. The summed E-state index contributed by atoms with van der Waals surface area (Å²) in [6.45, 7) is 12.8. The van der Waals surface area contributed by atoms with Crippen LogP contribution >= 0.6 is 0 Å². The Balaban J connectivity index is 5.88. The van der Waals surface area contributed by atoms with E-state index in [4.69, 9.17) is 14.2 Å². The maximum Gasteiger partial charge on any atom is 0.360 e. The molecule has 0 aliphatic rings. The van der Waals surface area contributed by atoms with Crippen molar-refractivity contribution in [3.05, 3.63) is 24.3 Å². The summed E-state index contributed by atoms with van der Waals surface area (Å²) in [5, 5.41) is 20.5. The van der Waals surface area contributed by atoms with E-state index < -0.39 is 23.7 Å². The van der Waals surface area contributed by atoms with Gasteiger partial charge < -0.3 is 24.4 Å². The summed E-state index contributed by atoms with van der Waals surface area (Å²) < 4.78 is 15.0. The maximum atomic E-state index is 11.9. The number of rotatable bonds is 10. The van der Waals surface area contributed by atoms with Crippen LogP contribution < -0.4 is 0 Å². The molecule has 132 valence electrons. The summed E-state index contributed by atoms with van der Waals surface area (Å²) >= 11 is 0. The van der Waals surface area contributed by atoms with Crippen LogP contribution in [0, 0.1) is 0 Å². The molecular formula is C16H26O7. The molecular weight excluding hydrogens is 304 g/mol. The van der Waals surface area contributed by atoms with Gasteiger partial charge in [0.2, 0.25) is 0 Å². The number of carbonyl (C=O) groups excluding carboxylic acids is 2. The second kappa shape index (κ2) is 8.81. The first-order valence-corrected chi connectivity index (χ1v) is 7.39. The number of esters is 2. The number of ether oxygens (including phenoxy) is 3. The summed E-state index contributed by atoms with van der Waals surface area (Å²) in [4.78, 5) is 23.8. The zero-order chi connectivity index (χ0) is 18.3. The number of hydrogen-bond acceptors (Lipinski definition) is 7. The molecule has 0 bridgehead atoms. The molecule has 7 nitrogen and oxygen atoms in total. The Morgan fingerprint density at radius 3 is 1.74 bits per heavy atom. The first-order chi connectivity index (χ1) is 10.5. The Labute approximate surface area is 136 Å². The van der Waals surface area contributed by atoms with Crippen molar-refractivity contribution in [2.24, 2.45) is 0 Å². The Morgan fingerprint density at radius 2 is 1.43 bits per heavy atom. The fraction of sp³-hybridized carbons (Fsp3) is 0.625. The molecule has 7 heteroatoms. The highest BCUT2D eigenvalue weighted by Gasteiger charge is 2.58. The van der Waals surface area contributed by atoms with Crippen LogP contribution in [-0.2, 0) is 23.8 Å². The topological polar surface area (TPSA) is 102 Å². The van der Waals surface area contributed by atoms with Crippen LogP contribution in [0.5, 0.6) is 0 Å². The highest BCUT2D eigenvalue weighted by molar-refractivity contribution is 5.89. The molecule has 0 aromatic heterocycles. The molecule has 0 saturated carbocycles. The normalized spacial score (nSPS) is 11.7. The number of hydrogen-bond donors (Lipinski definition) is 2. The van der Waals surface area contributed by atoms with Gasteiger partial charge in [0.05, 0.1) is 0 Å². The molecule has 0 saturated heterocycles. The van der Waals surface area contributed by atoms with Gasteiger partial charge >= 0.3 is 23.7 Å². The molecule has 0 unspecified atom stereocenters. The van der Waals surface area contributed by atoms with Gasteiger partial charge in [0.15, 0.2) is 0 Å². The standard InChI is InChI=1S/C16H26O7/c1-7-9-10-15(16(19,20)21-8-2,22-13(17)11(3)4)23-14(18)12(5)6/h19-20H,3,5,7-10H2,1-2,4,6H3. The Hall–Kier alpha value is -1.70. The summed E-state index contributed by atoms with van der Waals surface area (Å²) in [5.41, 5.74) is 0.00842. The fourth-order valence-corrected chi connectivity index (χ4v) is 1.61. The average Bonchev–Trinajstić information content (AvgIpc) is 2.43. The SMILES string of the molecule is C=C(C)C(=O)OC(CCCC)(OC(=O)C(=C)C)C(O)(O)OCC. The van der Waals surface area contributed by atoms with E-state index in [1.165, 1.54) is 20.8 Å². The number of carbonyl (C=O) groups is 2. The lowest BCUT2D eigenvalue weighted by molar-refractivity contribution is -0.457. The van der Waals surface area contributed by atoms with Gasteiger partial charge in [-0.15, -0.1) is 0 Å². The third-order valence-corrected chi connectivity index (χ3v) is 2.91. The minimum atomic E-state index is -3.02. The predicted molar refractivity (Wildman–Crippen MR) is 82.9 cm³/mol. The van der Waals surface area contributed by atoms with Crippen molar-refractivity contribution < 1.29 is 34.0 Å². The van der Waals surface area contributed by atoms with Gasteiger partial charge in [-0.3, -0.25) is 0 Å². The van der Waals surface area contributed by atoms with Crippen LogP contribution in [0.1, 0.15) is 47.0 Å². The van der Waals surface area contributed by atoms with Crippen LogP contribution in [0.25, 0.3) is 0 Å². The molecule has 0 radical (unpaired) electrons. The first kappa shape index (κ1) is 21.3. The van der Waals surface area contributed by atoms with Crippen molar-refractivity contribution >= 4 is 11.9 Å². The lowest BCUT2D eigenvalue weighted by Crippen LogP contribution is -2.61. The van der Waals surface area contributed by atoms with Gasteiger partial charge in [-0.1, -0.05) is 26.5 Å². The second-order valence-corrected chi connectivity index (χ2v) is 5.24. The largest absolute Gasteiger partial charge is 0.411 e. The molecule has 0 aliphatic carbocycles. The molecule has 0 heterocycles. The van der Waals surface area contributed by atoms with Crippen molar-refractivity contribution in [3.8, 4) is 0 Å². The van der Waals surface area contributed by atoms with E-state index in [-0.39, 0.29) is 24.2 Å². The van der Waals surface area contributed by atoms with E-state index in [2.05, 4.69) is 13.2 Å². The third kappa shape index (κ3) is 5.78. The van der Waals surface area contributed by atoms with Gasteiger partial charge in [0, 0.05) is 24.2 Å². The Morgan fingerprint density at radius 1 is 1.00 bits per heavy atom. The van der Waals surface area contributed by atoms with Crippen molar-refractivity contribution in [2.45, 2.75) is 58.7 Å². The van der Waals surface area contributed by atoms with Gasteiger partial charge in [-0.2, -0.15) is 0 Å². The summed E-state index contributed by atoms with van der Waals surface area (Å²) in [7, 11) is 0. The van der Waals surface area contributed by atoms with Crippen molar-refractivity contribution in [1.82, 2.24) is 0 Å². The molecule has 0 rings (SSSR count). The van der Waals surface area contributed by atoms with Crippen molar-refractivity contribution in [1.29, 1.82) is 0 Å².